The number of hydrogen-bond acceptors (Lipinski definition) is 6. The first-order valence-electron chi connectivity index (χ1n) is 8.94. The molecule has 1 saturated carbocycles. The van der Waals surface area contributed by atoms with Crippen molar-refractivity contribution in [2.75, 3.05) is 13.1 Å². The molecule has 0 aromatic carbocycles. The maximum absolute atomic E-state index is 12.3. The molecule has 2 saturated heterocycles. The molecule has 0 spiro atoms. The van der Waals surface area contributed by atoms with Gasteiger partial charge in [-0.15, -0.1) is 11.8 Å². The van der Waals surface area contributed by atoms with Crippen LogP contribution in [0.1, 0.15) is 26.7 Å². The highest BCUT2D eigenvalue weighted by Crippen LogP contribution is 2.52. The number of likely N-dealkylation sites (tertiary alicyclic amines) is 1. The van der Waals surface area contributed by atoms with E-state index in [2.05, 4.69) is 4.90 Å². The van der Waals surface area contributed by atoms with Gasteiger partial charge in [-0.3, -0.25) is 9.69 Å². The number of hydrogen-bond donors (Lipinski definition) is 3. The number of fused-ring (bicyclic) bond motifs is 1. The number of β-lactam (4-membered cyclic amide) rings is 1. The number of aliphatic carboxylic acids is 1. The number of aliphatic hydroxyl groups excluding tert-OH is 1. The lowest BCUT2D eigenvalue weighted by Crippen LogP contribution is -2.63. The maximum Gasteiger partial charge on any atom is 0.353 e. The first-order valence-corrected chi connectivity index (χ1v) is 9.82. The molecule has 4 rings (SSSR count). The highest BCUT2D eigenvalue weighted by Gasteiger charge is 2.60. The predicted molar refractivity (Wildman–Crippen MR) is 93.6 cm³/mol. The zero-order valence-electron chi connectivity index (χ0n) is 14.5. The molecule has 1 aliphatic carbocycles. The fourth-order valence-electron chi connectivity index (χ4n) is 4.63. The first kappa shape index (κ1) is 17.3. The second kappa shape index (κ2) is 5.97. The van der Waals surface area contributed by atoms with Crippen molar-refractivity contribution in [3.05, 3.63) is 10.6 Å². The van der Waals surface area contributed by atoms with E-state index in [0.717, 1.165) is 30.8 Å². The number of carboxylic acid groups (broad SMARTS) is 1. The summed E-state index contributed by atoms with van der Waals surface area (Å²) in [4.78, 5) is 28.7. The van der Waals surface area contributed by atoms with Gasteiger partial charge in [0.25, 0.3) is 0 Å². The van der Waals surface area contributed by atoms with E-state index >= 15 is 0 Å². The number of carbonyl (C=O) groups excluding carboxylic acids is 1. The Balaban J connectivity index is 1.45. The van der Waals surface area contributed by atoms with Crippen LogP contribution in [0.15, 0.2) is 10.6 Å². The monoisotopic (exact) mass is 367 g/mol. The molecule has 0 aromatic rings. The van der Waals surface area contributed by atoms with E-state index in [1.54, 1.807) is 18.7 Å². The third-order valence-corrected chi connectivity index (χ3v) is 7.60. The van der Waals surface area contributed by atoms with E-state index in [9.17, 15) is 19.8 Å². The van der Waals surface area contributed by atoms with Crippen LogP contribution in [-0.2, 0) is 9.59 Å². The molecule has 0 unspecified atom stereocenters. The highest BCUT2D eigenvalue weighted by atomic mass is 32.2. The zero-order chi connectivity index (χ0) is 18.0. The molecule has 4 aliphatic rings. The number of thioether (sulfide) groups is 1. The Kier molecular flexibility index (Phi) is 4.14. The summed E-state index contributed by atoms with van der Waals surface area (Å²) in [5.41, 5.74) is 5.98. The minimum atomic E-state index is -1.05. The Labute approximate surface area is 151 Å². The minimum Gasteiger partial charge on any atom is -0.477 e. The average Bonchev–Trinajstić information content (AvgIpc) is 2.69. The molecule has 3 aliphatic heterocycles. The molecule has 3 heterocycles. The lowest BCUT2D eigenvalue weighted by Gasteiger charge is -2.49. The summed E-state index contributed by atoms with van der Waals surface area (Å²) in [6.45, 7) is 5.47. The van der Waals surface area contributed by atoms with Crippen LogP contribution < -0.4 is 5.73 Å². The molecular formula is C17H25N3O4S. The summed E-state index contributed by atoms with van der Waals surface area (Å²) in [6.07, 6.45) is 1.35. The van der Waals surface area contributed by atoms with Crippen molar-refractivity contribution >= 4 is 23.6 Å². The topological polar surface area (TPSA) is 107 Å². The summed E-state index contributed by atoms with van der Waals surface area (Å²) in [5.74, 6) is -1.84. The Morgan fingerprint density at radius 3 is 2.52 bits per heavy atom. The number of rotatable bonds is 5. The van der Waals surface area contributed by atoms with Crippen molar-refractivity contribution in [1.29, 1.82) is 0 Å². The summed E-state index contributed by atoms with van der Waals surface area (Å²) in [6, 6.07) is 0.698. The van der Waals surface area contributed by atoms with Crippen molar-refractivity contribution < 1.29 is 19.8 Å². The Bertz CT molecular complexity index is 640. The SMILES string of the molecule is C[C@@H](O)[C@H]1C(=O)N2C(C(=O)O)=C(SC3CN([C@H]4C[C@@H](N)C4)C3)[C@H](C)[C@H]12. The lowest BCUT2D eigenvalue weighted by atomic mass is 9.79. The van der Waals surface area contributed by atoms with Crippen LogP contribution in [0.3, 0.4) is 0 Å². The van der Waals surface area contributed by atoms with E-state index in [4.69, 9.17) is 5.73 Å². The molecular weight excluding hydrogens is 342 g/mol. The fraction of sp³-hybridized carbons (Fsp3) is 0.765. The highest BCUT2D eigenvalue weighted by molar-refractivity contribution is 8.03. The third-order valence-electron chi connectivity index (χ3n) is 6.15. The van der Waals surface area contributed by atoms with E-state index in [0.29, 0.717) is 17.3 Å². The Morgan fingerprint density at radius 1 is 1.36 bits per heavy atom. The number of nitrogens with zero attached hydrogens (tertiary/aromatic N) is 2. The van der Waals surface area contributed by atoms with E-state index in [1.165, 1.54) is 4.90 Å². The van der Waals surface area contributed by atoms with E-state index in [1.807, 2.05) is 6.92 Å². The summed E-state index contributed by atoms with van der Waals surface area (Å²) < 4.78 is 0. The van der Waals surface area contributed by atoms with Gasteiger partial charge in [-0.25, -0.2) is 4.79 Å². The lowest BCUT2D eigenvalue weighted by molar-refractivity contribution is -0.163. The molecule has 138 valence electrons. The number of nitrogens with two attached hydrogens (primary N) is 1. The first-order chi connectivity index (χ1) is 11.8. The van der Waals surface area contributed by atoms with Gasteiger partial charge < -0.3 is 20.8 Å². The minimum absolute atomic E-state index is 0.0421. The van der Waals surface area contributed by atoms with Crippen molar-refractivity contribution in [3.8, 4) is 0 Å². The quantitative estimate of drug-likeness (QED) is 0.589. The standard InChI is InChI=1S/C17H25N3O4S/c1-7-13-12(8(2)21)16(22)20(13)14(17(23)24)15(7)25-11-5-19(6-11)10-3-9(18)4-10/h7-13,21H,3-6,18H2,1-2H3,(H,23,24)/t7-,8-,9-,10+,12-,13-/m1/s1. The molecule has 0 radical (unpaired) electrons. The molecule has 0 aromatic heterocycles. The summed E-state index contributed by atoms with van der Waals surface area (Å²) in [7, 11) is 0. The molecule has 7 nitrogen and oxygen atoms in total. The van der Waals surface area contributed by atoms with Gasteiger partial charge in [0, 0.05) is 41.2 Å². The molecule has 0 bridgehead atoms. The van der Waals surface area contributed by atoms with Gasteiger partial charge in [0.05, 0.1) is 18.1 Å². The number of aliphatic hydroxyl groups is 1. The fourth-order valence-corrected chi connectivity index (χ4v) is 6.17. The molecule has 8 heteroatoms. The van der Waals surface area contributed by atoms with Gasteiger partial charge in [-0.1, -0.05) is 6.92 Å². The van der Waals surface area contributed by atoms with Crippen LogP contribution in [0.4, 0.5) is 0 Å². The van der Waals surface area contributed by atoms with Crippen LogP contribution in [0.5, 0.6) is 0 Å². The van der Waals surface area contributed by atoms with Crippen molar-refractivity contribution in [2.24, 2.45) is 17.6 Å². The Hall–Kier alpha value is -1.09. The van der Waals surface area contributed by atoms with Crippen molar-refractivity contribution in [2.45, 2.75) is 56.2 Å². The molecule has 4 N–H and O–H groups in total. The van der Waals surface area contributed by atoms with Crippen molar-refractivity contribution in [3.63, 3.8) is 0 Å². The summed E-state index contributed by atoms with van der Waals surface area (Å²) >= 11 is 1.61. The molecule has 1 amide bonds. The van der Waals surface area contributed by atoms with Crippen LogP contribution in [-0.4, -0.2) is 74.5 Å². The maximum atomic E-state index is 12.3. The number of amides is 1. The van der Waals surface area contributed by atoms with E-state index in [-0.39, 0.29) is 23.6 Å². The van der Waals surface area contributed by atoms with Gasteiger partial charge in [-0.05, 0) is 19.8 Å². The predicted octanol–water partition coefficient (Wildman–Crippen LogP) is 0.0472. The molecule has 4 atom stereocenters. The van der Waals surface area contributed by atoms with Gasteiger partial charge in [0.1, 0.15) is 5.70 Å². The molecule has 3 fully saturated rings. The normalized spacial score (nSPS) is 39.6. The number of carboxylic acids is 1. The van der Waals surface area contributed by atoms with Crippen LogP contribution in [0.25, 0.3) is 0 Å². The van der Waals surface area contributed by atoms with Crippen LogP contribution in [0.2, 0.25) is 0 Å². The second-order valence-electron chi connectivity index (χ2n) is 7.85. The van der Waals surface area contributed by atoms with Gasteiger partial charge in [0.15, 0.2) is 0 Å². The van der Waals surface area contributed by atoms with Gasteiger partial charge >= 0.3 is 5.97 Å². The van der Waals surface area contributed by atoms with Crippen LogP contribution in [0, 0.1) is 11.8 Å². The third kappa shape index (κ3) is 2.53. The van der Waals surface area contributed by atoms with Gasteiger partial charge in [-0.2, -0.15) is 0 Å². The summed E-state index contributed by atoms with van der Waals surface area (Å²) in [5, 5.41) is 19.9. The van der Waals surface area contributed by atoms with Gasteiger partial charge in [0.2, 0.25) is 5.91 Å². The Morgan fingerprint density at radius 2 is 2.00 bits per heavy atom. The van der Waals surface area contributed by atoms with Crippen molar-refractivity contribution in [1.82, 2.24) is 9.80 Å². The second-order valence-corrected chi connectivity index (χ2v) is 9.19. The zero-order valence-corrected chi connectivity index (χ0v) is 15.3. The molecule has 25 heavy (non-hydrogen) atoms. The largest absolute Gasteiger partial charge is 0.477 e. The smallest absolute Gasteiger partial charge is 0.353 e. The van der Waals surface area contributed by atoms with E-state index < -0.39 is 18.0 Å². The van der Waals surface area contributed by atoms with Crippen LogP contribution >= 0.6 is 11.8 Å². The number of carbonyl (C=O) groups is 2. The average molecular weight is 367 g/mol.